The molecule has 1 amide bonds. The molecule has 0 N–H and O–H groups in total. The molecule has 1 unspecified atom stereocenters. The van der Waals surface area contributed by atoms with E-state index in [-0.39, 0.29) is 11.9 Å². The molecule has 0 bridgehead atoms. The number of halogens is 1. The highest BCUT2D eigenvalue weighted by atomic mass is 35.5. The lowest BCUT2D eigenvalue weighted by Gasteiger charge is -2.28. The van der Waals surface area contributed by atoms with E-state index in [1.54, 1.807) is 14.2 Å². The predicted octanol–water partition coefficient (Wildman–Crippen LogP) is 4.15. The molecule has 5 nitrogen and oxygen atoms in total. The first kappa shape index (κ1) is 20.5. The Hall–Kier alpha value is -2.24. The van der Waals surface area contributed by atoms with Crippen LogP contribution in [0.25, 0.3) is 0 Å². The van der Waals surface area contributed by atoms with Crippen molar-refractivity contribution in [2.24, 2.45) is 0 Å². The molecule has 1 heterocycles. The summed E-state index contributed by atoms with van der Waals surface area (Å²) in [5.41, 5.74) is 2.22. The van der Waals surface area contributed by atoms with E-state index in [1.165, 1.54) is 0 Å². The minimum atomic E-state index is 0.0799. The van der Waals surface area contributed by atoms with Gasteiger partial charge in [-0.25, -0.2) is 0 Å². The second-order valence-electron chi connectivity index (χ2n) is 7.16. The van der Waals surface area contributed by atoms with Crippen molar-refractivity contribution in [2.45, 2.75) is 25.4 Å². The van der Waals surface area contributed by atoms with E-state index in [1.807, 2.05) is 59.3 Å². The normalized spacial score (nSPS) is 16.5. The van der Waals surface area contributed by atoms with Gasteiger partial charge >= 0.3 is 0 Å². The van der Waals surface area contributed by atoms with Crippen molar-refractivity contribution in [2.75, 3.05) is 34.4 Å². The van der Waals surface area contributed by atoms with Crippen LogP contribution in [0.5, 0.6) is 11.5 Å². The standard InChI is InChI=1S/C22H27ClN2O3/c1-24(14-16-6-9-18(23)10-7-16)15-22(26)25-12-4-5-19(25)17-8-11-20(27-2)21(13-17)28-3/h6-11,13,19H,4-5,12,14-15H2,1-3H3. The minimum absolute atomic E-state index is 0.0799. The first-order valence-corrected chi connectivity index (χ1v) is 9.84. The first-order chi connectivity index (χ1) is 13.5. The Labute approximate surface area is 171 Å². The quantitative estimate of drug-likeness (QED) is 0.697. The van der Waals surface area contributed by atoms with Gasteiger partial charge in [-0.3, -0.25) is 9.69 Å². The molecule has 1 saturated heterocycles. The molecule has 150 valence electrons. The van der Waals surface area contributed by atoms with Gasteiger partial charge in [0.25, 0.3) is 0 Å². The van der Waals surface area contributed by atoms with Gasteiger partial charge in [0.05, 0.1) is 26.8 Å². The maximum absolute atomic E-state index is 13.0. The van der Waals surface area contributed by atoms with Crippen LogP contribution in [0.15, 0.2) is 42.5 Å². The highest BCUT2D eigenvalue weighted by molar-refractivity contribution is 6.30. The molecule has 28 heavy (non-hydrogen) atoms. The molecule has 0 radical (unpaired) electrons. The van der Waals surface area contributed by atoms with E-state index in [2.05, 4.69) is 0 Å². The summed E-state index contributed by atoms with van der Waals surface area (Å²) >= 11 is 5.94. The lowest BCUT2D eigenvalue weighted by atomic mass is 10.0. The summed E-state index contributed by atoms with van der Waals surface area (Å²) in [4.78, 5) is 17.0. The van der Waals surface area contributed by atoms with Crippen LogP contribution >= 0.6 is 11.6 Å². The van der Waals surface area contributed by atoms with Gasteiger partial charge in [-0.2, -0.15) is 0 Å². The number of likely N-dealkylation sites (tertiary alicyclic amines) is 1. The van der Waals surface area contributed by atoms with E-state index < -0.39 is 0 Å². The Morgan fingerprint density at radius 2 is 1.86 bits per heavy atom. The number of amides is 1. The van der Waals surface area contributed by atoms with Gasteiger partial charge in [-0.15, -0.1) is 0 Å². The number of rotatable bonds is 7. The maximum Gasteiger partial charge on any atom is 0.237 e. The fourth-order valence-electron chi connectivity index (χ4n) is 3.75. The van der Waals surface area contributed by atoms with Gasteiger partial charge in [-0.1, -0.05) is 29.8 Å². The van der Waals surface area contributed by atoms with Crippen molar-refractivity contribution >= 4 is 17.5 Å². The Morgan fingerprint density at radius 1 is 1.14 bits per heavy atom. The van der Waals surface area contributed by atoms with Crippen LogP contribution < -0.4 is 9.47 Å². The molecular formula is C22H27ClN2O3. The number of nitrogens with zero attached hydrogens (tertiary/aromatic N) is 2. The van der Waals surface area contributed by atoms with Gasteiger partial charge in [-0.05, 0) is 55.3 Å². The lowest BCUT2D eigenvalue weighted by molar-refractivity contribution is -0.133. The van der Waals surface area contributed by atoms with E-state index in [0.29, 0.717) is 24.6 Å². The van der Waals surface area contributed by atoms with Crippen LogP contribution in [0.1, 0.15) is 30.0 Å². The largest absolute Gasteiger partial charge is 0.493 e. The maximum atomic E-state index is 13.0. The highest BCUT2D eigenvalue weighted by Crippen LogP contribution is 2.36. The summed E-state index contributed by atoms with van der Waals surface area (Å²) in [5.74, 6) is 1.54. The zero-order valence-electron chi connectivity index (χ0n) is 16.7. The molecule has 0 spiro atoms. The average molecular weight is 403 g/mol. The van der Waals surface area contributed by atoms with Crippen LogP contribution in [0.4, 0.5) is 0 Å². The minimum Gasteiger partial charge on any atom is -0.493 e. The van der Waals surface area contributed by atoms with Crippen LogP contribution in [-0.4, -0.2) is 50.1 Å². The molecule has 1 aliphatic rings. The van der Waals surface area contributed by atoms with E-state index >= 15 is 0 Å². The Bertz CT molecular complexity index is 810. The van der Waals surface area contributed by atoms with Gasteiger partial charge in [0.1, 0.15) is 0 Å². The lowest BCUT2D eigenvalue weighted by Crippen LogP contribution is -2.38. The third-order valence-corrected chi connectivity index (χ3v) is 5.39. The summed E-state index contributed by atoms with van der Waals surface area (Å²) in [6, 6.07) is 13.7. The highest BCUT2D eigenvalue weighted by Gasteiger charge is 2.30. The number of benzene rings is 2. The summed E-state index contributed by atoms with van der Waals surface area (Å²) in [6.07, 6.45) is 1.97. The summed E-state index contributed by atoms with van der Waals surface area (Å²) in [6.45, 7) is 1.87. The second kappa shape index (κ2) is 9.30. The van der Waals surface area contributed by atoms with E-state index in [0.717, 1.165) is 35.5 Å². The smallest absolute Gasteiger partial charge is 0.237 e. The molecule has 2 aromatic rings. The molecule has 2 aromatic carbocycles. The van der Waals surface area contributed by atoms with Crippen molar-refractivity contribution in [3.63, 3.8) is 0 Å². The monoisotopic (exact) mass is 402 g/mol. The van der Waals surface area contributed by atoms with Gasteiger partial charge in [0.15, 0.2) is 11.5 Å². The van der Waals surface area contributed by atoms with Crippen LogP contribution in [0, 0.1) is 0 Å². The molecule has 0 saturated carbocycles. The number of likely N-dealkylation sites (N-methyl/N-ethyl adjacent to an activating group) is 1. The first-order valence-electron chi connectivity index (χ1n) is 9.46. The molecule has 1 fully saturated rings. The number of methoxy groups -OCH3 is 2. The number of hydrogen-bond acceptors (Lipinski definition) is 4. The summed E-state index contributed by atoms with van der Waals surface area (Å²) in [7, 11) is 5.22. The van der Waals surface area contributed by atoms with Crippen molar-refractivity contribution in [1.29, 1.82) is 0 Å². The van der Waals surface area contributed by atoms with Gasteiger partial charge in [0.2, 0.25) is 5.91 Å². The Balaban J connectivity index is 1.66. The van der Waals surface area contributed by atoms with Crippen LogP contribution in [-0.2, 0) is 11.3 Å². The SMILES string of the molecule is COc1ccc(C2CCCN2C(=O)CN(C)Cc2ccc(Cl)cc2)cc1OC. The topological polar surface area (TPSA) is 42.0 Å². The van der Waals surface area contributed by atoms with Crippen LogP contribution in [0.3, 0.4) is 0 Å². The Morgan fingerprint density at radius 3 is 2.54 bits per heavy atom. The van der Waals surface area contributed by atoms with Gasteiger partial charge < -0.3 is 14.4 Å². The number of carbonyl (C=O) groups excluding carboxylic acids is 1. The molecule has 0 aliphatic carbocycles. The summed E-state index contributed by atoms with van der Waals surface area (Å²) in [5, 5.41) is 0.720. The molecule has 1 atom stereocenters. The van der Waals surface area contributed by atoms with Crippen molar-refractivity contribution in [3.05, 3.63) is 58.6 Å². The fourth-order valence-corrected chi connectivity index (χ4v) is 3.88. The van der Waals surface area contributed by atoms with Crippen molar-refractivity contribution in [1.82, 2.24) is 9.80 Å². The zero-order valence-corrected chi connectivity index (χ0v) is 17.4. The third kappa shape index (κ3) is 4.78. The van der Waals surface area contributed by atoms with Gasteiger partial charge in [0, 0.05) is 18.1 Å². The third-order valence-electron chi connectivity index (χ3n) is 5.14. The molecular weight excluding hydrogens is 376 g/mol. The zero-order chi connectivity index (χ0) is 20.1. The van der Waals surface area contributed by atoms with Crippen molar-refractivity contribution < 1.29 is 14.3 Å². The second-order valence-corrected chi connectivity index (χ2v) is 7.59. The fraction of sp³-hybridized carbons (Fsp3) is 0.409. The predicted molar refractivity (Wildman–Crippen MR) is 111 cm³/mol. The van der Waals surface area contributed by atoms with Crippen molar-refractivity contribution in [3.8, 4) is 11.5 Å². The van der Waals surface area contributed by atoms with E-state index in [9.17, 15) is 4.79 Å². The number of carbonyl (C=O) groups is 1. The van der Waals surface area contributed by atoms with E-state index in [4.69, 9.17) is 21.1 Å². The van der Waals surface area contributed by atoms with Crippen LogP contribution in [0.2, 0.25) is 5.02 Å². The average Bonchev–Trinajstić information content (AvgIpc) is 3.19. The molecule has 3 rings (SSSR count). The summed E-state index contributed by atoms with van der Waals surface area (Å²) < 4.78 is 10.7. The molecule has 0 aromatic heterocycles. The number of ether oxygens (including phenoxy) is 2. The Kier molecular flexibility index (Phi) is 6.81. The molecule has 6 heteroatoms. The number of hydrogen-bond donors (Lipinski definition) is 0. The molecule has 1 aliphatic heterocycles.